The van der Waals surface area contributed by atoms with Crippen LogP contribution in [0.4, 0.5) is 0 Å². The van der Waals surface area contributed by atoms with Crippen LogP contribution in [0, 0.1) is 6.92 Å². The highest BCUT2D eigenvalue weighted by molar-refractivity contribution is 6.31. The molecule has 0 aliphatic rings. The second-order valence-corrected chi connectivity index (χ2v) is 4.53. The molecule has 1 unspecified atom stereocenters. The van der Waals surface area contributed by atoms with Gasteiger partial charge in [-0.1, -0.05) is 29.8 Å². The first-order valence-electron chi connectivity index (χ1n) is 5.66. The maximum absolute atomic E-state index is 6.17. The Bertz CT molecular complexity index is 492. The first-order chi connectivity index (χ1) is 8.20. The predicted octanol–water partition coefficient (Wildman–Crippen LogP) is 3.74. The van der Waals surface area contributed by atoms with E-state index in [9.17, 15) is 0 Å². The Morgan fingerprint density at radius 2 is 2.12 bits per heavy atom. The van der Waals surface area contributed by atoms with Crippen LogP contribution in [0.3, 0.4) is 0 Å². The summed E-state index contributed by atoms with van der Waals surface area (Å²) in [5.41, 5.74) is 2.30. The van der Waals surface area contributed by atoms with E-state index in [2.05, 4.69) is 17.4 Å². The average Bonchev–Trinajstić information content (AvgIpc) is 2.75. The molecule has 2 nitrogen and oxygen atoms in total. The number of halogens is 1. The summed E-state index contributed by atoms with van der Waals surface area (Å²) in [4.78, 5) is 0. The summed E-state index contributed by atoms with van der Waals surface area (Å²) in [5, 5.41) is 4.10. The van der Waals surface area contributed by atoms with E-state index in [1.54, 1.807) is 6.26 Å². The van der Waals surface area contributed by atoms with Crippen LogP contribution < -0.4 is 5.32 Å². The molecular weight excluding hydrogens is 234 g/mol. The lowest BCUT2D eigenvalue weighted by atomic mass is 10.0. The molecule has 2 aromatic rings. The van der Waals surface area contributed by atoms with Crippen molar-refractivity contribution >= 4 is 11.6 Å². The van der Waals surface area contributed by atoms with E-state index in [0.717, 1.165) is 28.3 Å². The Kier molecular flexibility index (Phi) is 3.87. The third kappa shape index (κ3) is 2.90. The second kappa shape index (κ2) is 5.39. The molecule has 1 aromatic carbocycles. The van der Waals surface area contributed by atoms with Crippen LogP contribution >= 0.6 is 11.6 Å². The topological polar surface area (TPSA) is 25.2 Å². The minimum absolute atomic E-state index is 0.229. The van der Waals surface area contributed by atoms with Crippen LogP contribution in [0.1, 0.15) is 22.9 Å². The molecule has 1 aromatic heterocycles. The SMILES string of the molecule is CNC(Cc1ccccc1Cl)c1coc(C)c1. The van der Waals surface area contributed by atoms with Crippen LogP contribution in [0.15, 0.2) is 41.0 Å². The zero-order valence-corrected chi connectivity index (χ0v) is 10.8. The molecule has 17 heavy (non-hydrogen) atoms. The van der Waals surface area contributed by atoms with Gasteiger partial charge in [0.15, 0.2) is 0 Å². The first kappa shape index (κ1) is 12.2. The molecule has 0 radical (unpaired) electrons. The highest BCUT2D eigenvalue weighted by Gasteiger charge is 2.13. The molecule has 3 heteroatoms. The van der Waals surface area contributed by atoms with Crippen molar-refractivity contribution < 1.29 is 4.42 Å². The fourth-order valence-corrected chi connectivity index (χ4v) is 2.13. The number of furan rings is 1. The van der Waals surface area contributed by atoms with E-state index in [1.807, 2.05) is 32.2 Å². The maximum Gasteiger partial charge on any atom is 0.101 e. The van der Waals surface area contributed by atoms with Gasteiger partial charge in [-0.05, 0) is 38.1 Å². The van der Waals surface area contributed by atoms with Crippen LogP contribution in [-0.4, -0.2) is 7.05 Å². The number of benzene rings is 1. The number of hydrogen-bond acceptors (Lipinski definition) is 2. The fourth-order valence-electron chi connectivity index (χ4n) is 1.92. The highest BCUT2D eigenvalue weighted by atomic mass is 35.5. The first-order valence-corrected chi connectivity index (χ1v) is 6.04. The quantitative estimate of drug-likeness (QED) is 0.893. The Labute approximate surface area is 107 Å². The second-order valence-electron chi connectivity index (χ2n) is 4.13. The summed E-state index contributed by atoms with van der Waals surface area (Å²) in [6, 6.07) is 10.2. The number of nitrogens with one attached hydrogen (secondary N) is 1. The van der Waals surface area contributed by atoms with E-state index >= 15 is 0 Å². The summed E-state index contributed by atoms with van der Waals surface area (Å²) in [7, 11) is 1.95. The maximum atomic E-state index is 6.17. The number of hydrogen-bond donors (Lipinski definition) is 1. The molecule has 2 rings (SSSR count). The molecule has 1 atom stereocenters. The summed E-state index contributed by atoms with van der Waals surface area (Å²) >= 11 is 6.17. The minimum atomic E-state index is 0.229. The van der Waals surface area contributed by atoms with Crippen LogP contribution in [0.2, 0.25) is 5.02 Å². The Balaban J connectivity index is 2.18. The van der Waals surface area contributed by atoms with Crippen molar-refractivity contribution in [3.05, 3.63) is 58.5 Å². The summed E-state index contributed by atoms with van der Waals surface area (Å²) in [6.45, 7) is 1.95. The molecule has 0 saturated carbocycles. The zero-order valence-electron chi connectivity index (χ0n) is 10.0. The van der Waals surface area contributed by atoms with Gasteiger partial charge in [0.1, 0.15) is 5.76 Å². The molecule has 1 heterocycles. The normalized spacial score (nSPS) is 12.6. The third-order valence-corrected chi connectivity index (χ3v) is 3.25. The van der Waals surface area contributed by atoms with Crippen LogP contribution in [0.5, 0.6) is 0 Å². The van der Waals surface area contributed by atoms with Gasteiger partial charge in [-0.25, -0.2) is 0 Å². The van der Waals surface area contributed by atoms with E-state index < -0.39 is 0 Å². The molecule has 0 bridgehead atoms. The smallest absolute Gasteiger partial charge is 0.101 e. The van der Waals surface area contributed by atoms with Crippen molar-refractivity contribution in [1.29, 1.82) is 0 Å². The van der Waals surface area contributed by atoms with Gasteiger partial charge in [-0.2, -0.15) is 0 Å². The van der Waals surface area contributed by atoms with Gasteiger partial charge in [0.05, 0.1) is 6.26 Å². The van der Waals surface area contributed by atoms with Gasteiger partial charge in [-0.3, -0.25) is 0 Å². The Morgan fingerprint density at radius 1 is 1.35 bits per heavy atom. The number of aryl methyl sites for hydroxylation is 1. The zero-order chi connectivity index (χ0) is 12.3. The standard InChI is InChI=1S/C14H16ClNO/c1-10-7-12(9-17-10)14(16-2)8-11-5-3-4-6-13(11)15/h3-7,9,14,16H,8H2,1-2H3. The molecule has 90 valence electrons. The highest BCUT2D eigenvalue weighted by Crippen LogP contribution is 2.24. The van der Waals surface area contributed by atoms with Crippen molar-refractivity contribution in [2.75, 3.05) is 7.05 Å². The molecular formula is C14H16ClNO. The Morgan fingerprint density at radius 3 is 2.71 bits per heavy atom. The molecule has 0 fully saturated rings. The molecule has 1 N–H and O–H groups in total. The molecule has 0 spiro atoms. The molecule has 0 amide bonds. The summed E-state index contributed by atoms with van der Waals surface area (Å²) in [6.07, 6.45) is 2.66. The van der Waals surface area contributed by atoms with Gasteiger partial charge in [-0.15, -0.1) is 0 Å². The average molecular weight is 250 g/mol. The summed E-state index contributed by atoms with van der Waals surface area (Å²) in [5.74, 6) is 0.930. The van der Waals surface area contributed by atoms with E-state index in [-0.39, 0.29) is 6.04 Å². The van der Waals surface area contributed by atoms with Crippen molar-refractivity contribution in [2.45, 2.75) is 19.4 Å². The number of rotatable bonds is 4. The van der Waals surface area contributed by atoms with Gasteiger partial charge in [0.25, 0.3) is 0 Å². The van der Waals surface area contributed by atoms with Crippen LogP contribution in [-0.2, 0) is 6.42 Å². The van der Waals surface area contributed by atoms with Crippen molar-refractivity contribution in [1.82, 2.24) is 5.32 Å². The van der Waals surface area contributed by atoms with E-state index in [4.69, 9.17) is 16.0 Å². The van der Waals surface area contributed by atoms with Gasteiger partial charge in [0.2, 0.25) is 0 Å². The molecule has 0 aliphatic carbocycles. The summed E-state index contributed by atoms with van der Waals surface area (Å²) < 4.78 is 5.34. The monoisotopic (exact) mass is 249 g/mol. The molecule has 0 saturated heterocycles. The lowest BCUT2D eigenvalue weighted by Gasteiger charge is -2.15. The van der Waals surface area contributed by atoms with E-state index in [1.165, 1.54) is 0 Å². The predicted molar refractivity (Wildman–Crippen MR) is 70.4 cm³/mol. The van der Waals surface area contributed by atoms with Gasteiger partial charge in [0, 0.05) is 16.6 Å². The lowest BCUT2D eigenvalue weighted by molar-refractivity contribution is 0.520. The Hall–Kier alpha value is -1.25. The van der Waals surface area contributed by atoms with E-state index in [0.29, 0.717) is 0 Å². The van der Waals surface area contributed by atoms with Crippen molar-refractivity contribution in [3.8, 4) is 0 Å². The third-order valence-electron chi connectivity index (χ3n) is 2.88. The fraction of sp³-hybridized carbons (Fsp3) is 0.286. The van der Waals surface area contributed by atoms with Crippen molar-refractivity contribution in [2.24, 2.45) is 0 Å². The van der Waals surface area contributed by atoms with Gasteiger partial charge >= 0.3 is 0 Å². The van der Waals surface area contributed by atoms with Crippen LogP contribution in [0.25, 0.3) is 0 Å². The van der Waals surface area contributed by atoms with Gasteiger partial charge < -0.3 is 9.73 Å². The largest absolute Gasteiger partial charge is 0.469 e. The van der Waals surface area contributed by atoms with Crippen molar-refractivity contribution in [3.63, 3.8) is 0 Å². The number of likely N-dealkylation sites (N-methyl/N-ethyl adjacent to an activating group) is 1. The molecule has 0 aliphatic heterocycles. The minimum Gasteiger partial charge on any atom is -0.469 e. The lowest BCUT2D eigenvalue weighted by Crippen LogP contribution is -2.18.